The lowest BCUT2D eigenvalue weighted by Gasteiger charge is -2.26. The molecule has 11 nitrogen and oxygen atoms in total. The van der Waals surface area contributed by atoms with Gasteiger partial charge in [0.1, 0.15) is 5.69 Å². The molecule has 6 rings (SSSR count). The van der Waals surface area contributed by atoms with E-state index in [0.717, 1.165) is 60.6 Å². The summed E-state index contributed by atoms with van der Waals surface area (Å²) in [5, 5.41) is 14.3. The summed E-state index contributed by atoms with van der Waals surface area (Å²) in [6.07, 6.45) is 5.07. The van der Waals surface area contributed by atoms with Gasteiger partial charge >= 0.3 is 0 Å². The molecule has 11 heteroatoms. The Morgan fingerprint density at radius 2 is 1.83 bits per heavy atom. The first kappa shape index (κ1) is 26.4. The monoisotopic (exact) mass is 549 g/mol. The number of fused-ring (bicyclic) bond motifs is 1. The Morgan fingerprint density at radius 3 is 2.61 bits per heavy atom. The van der Waals surface area contributed by atoms with E-state index in [2.05, 4.69) is 37.3 Å². The quantitative estimate of drug-likeness (QED) is 0.197. The third-order valence-corrected chi connectivity index (χ3v) is 7.08. The van der Waals surface area contributed by atoms with Gasteiger partial charge in [-0.1, -0.05) is 18.2 Å². The molecule has 0 unspecified atom stereocenters. The lowest BCUT2D eigenvalue weighted by molar-refractivity contribution is 0.0342. The Morgan fingerprint density at radius 1 is 1.02 bits per heavy atom. The maximum Gasteiger partial charge on any atom is 0.267 e. The van der Waals surface area contributed by atoms with Crippen molar-refractivity contribution in [3.05, 3.63) is 112 Å². The number of hydrogen-bond donors (Lipinski definition) is 3. The molecule has 0 aliphatic carbocycles. The highest BCUT2D eigenvalue weighted by atomic mass is 16.5. The Labute approximate surface area is 236 Å². The zero-order valence-corrected chi connectivity index (χ0v) is 22.5. The van der Waals surface area contributed by atoms with E-state index in [1.54, 1.807) is 24.7 Å². The number of nitrogens with one attached hydrogen (secondary N) is 1. The number of anilines is 1. The smallest absolute Gasteiger partial charge is 0.267 e. The van der Waals surface area contributed by atoms with E-state index in [-0.39, 0.29) is 12.1 Å². The molecule has 0 bridgehead atoms. The largest absolute Gasteiger partial charge is 0.396 e. The topological polar surface area (TPSA) is 144 Å². The van der Waals surface area contributed by atoms with Crippen molar-refractivity contribution in [2.75, 3.05) is 31.3 Å². The van der Waals surface area contributed by atoms with Gasteiger partial charge in [0, 0.05) is 55.2 Å². The van der Waals surface area contributed by atoms with Crippen LogP contribution in [0.5, 0.6) is 0 Å². The van der Waals surface area contributed by atoms with Crippen LogP contribution in [0, 0.1) is 0 Å². The van der Waals surface area contributed by atoms with E-state index >= 15 is 0 Å². The molecule has 4 heterocycles. The van der Waals surface area contributed by atoms with Crippen LogP contribution in [0.1, 0.15) is 16.8 Å². The minimum Gasteiger partial charge on any atom is -0.396 e. The number of hydrogen-bond acceptors (Lipinski definition) is 9. The van der Waals surface area contributed by atoms with Crippen LogP contribution >= 0.6 is 0 Å². The molecule has 3 aromatic heterocycles. The van der Waals surface area contributed by atoms with E-state index in [1.807, 2.05) is 42.5 Å². The number of benzene rings is 2. The van der Waals surface area contributed by atoms with Crippen molar-refractivity contribution in [2.24, 2.45) is 11.6 Å². The predicted molar refractivity (Wildman–Crippen MR) is 158 cm³/mol. The third kappa shape index (κ3) is 6.02. The Hall–Kier alpha value is -4.84. The molecule has 208 valence electrons. The van der Waals surface area contributed by atoms with Crippen LogP contribution in [-0.2, 0) is 17.8 Å². The molecule has 0 saturated carbocycles. The number of rotatable bonds is 8. The molecule has 1 aliphatic rings. The molecule has 1 aliphatic heterocycles. The first-order valence-corrected chi connectivity index (χ1v) is 13.4. The van der Waals surface area contributed by atoms with Crippen LogP contribution in [0.25, 0.3) is 27.9 Å². The third-order valence-electron chi connectivity index (χ3n) is 7.08. The molecule has 1 fully saturated rings. The normalized spacial score (nSPS) is 14.4. The Balaban J connectivity index is 1.20. The van der Waals surface area contributed by atoms with Gasteiger partial charge in [-0.3, -0.25) is 24.8 Å². The standard InChI is InChI=1S/C30H31N9O2/c31-26(20-38(32)24-6-3-21(4-7-24)18-37-12-14-41-15-13-37)30-25-16-22(5-8-28(25)34-35-30)19-39-29(40)10-9-27(36-39)23-2-1-11-33-17-23/h1-11,16-17,20H,12-15,18-19,31-32H2,(H,34,35)/b26-20-. The van der Waals surface area contributed by atoms with Crippen molar-refractivity contribution < 1.29 is 4.74 Å². The predicted octanol–water partition coefficient (Wildman–Crippen LogP) is 2.70. The van der Waals surface area contributed by atoms with Crippen LogP contribution in [0.4, 0.5) is 5.69 Å². The first-order valence-electron chi connectivity index (χ1n) is 13.4. The number of aromatic amines is 1. The summed E-state index contributed by atoms with van der Waals surface area (Å²) in [6, 6.07) is 20.9. The van der Waals surface area contributed by atoms with Crippen molar-refractivity contribution in [3.8, 4) is 11.3 Å². The van der Waals surface area contributed by atoms with E-state index in [1.165, 1.54) is 21.3 Å². The second-order valence-electron chi connectivity index (χ2n) is 9.95. The first-order chi connectivity index (χ1) is 20.0. The van der Waals surface area contributed by atoms with Gasteiger partial charge in [-0.2, -0.15) is 10.2 Å². The lowest BCUT2D eigenvalue weighted by atomic mass is 10.1. The number of nitrogens with zero attached hydrogens (tertiary/aromatic N) is 6. The summed E-state index contributed by atoms with van der Waals surface area (Å²) in [5.74, 6) is 6.35. The van der Waals surface area contributed by atoms with Crippen molar-refractivity contribution in [3.63, 3.8) is 0 Å². The van der Waals surface area contributed by atoms with Crippen molar-refractivity contribution in [1.29, 1.82) is 0 Å². The lowest BCUT2D eigenvalue weighted by Crippen LogP contribution is -2.35. The van der Waals surface area contributed by atoms with Crippen LogP contribution in [0.2, 0.25) is 0 Å². The number of pyridine rings is 1. The van der Waals surface area contributed by atoms with Gasteiger partial charge in [0.25, 0.3) is 5.56 Å². The molecule has 41 heavy (non-hydrogen) atoms. The summed E-state index contributed by atoms with van der Waals surface area (Å²) >= 11 is 0. The highest BCUT2D eigenvalue weighted by molar-refractivity contribution is 5.90. The van der Waals surface area contributed by atoms with Gasteiger partial charge in [0.15, 0.2) is 0 Å². The van der Waals surface area contributed by atoms with Crippen LogP contribution in [0.3, 0.4) is 0 Å². The highest BCUT2D eigenvalue weighted by Gasteiger charge is 2.13. The zero-order valence-electron chi connectivity index (χ0n) is 22.5. The summed E-state index contributed by atoms with van der Waals surface area (Å²) in [6.45, 7) is 4.59. The van der Waals surface area contributed by atoms with Crippen LogP contribution in [0.15, 0.2) is 90.1 Å². The fourth-order valence-corrected chi connectivity index (χ4v) is 4.86. The summed E-state index contributed by atoms with van der Waals surface area (Å²) in [4.78, 5) is 19.1. The number of ether oxygens (including phenoxy) is 1. The van der Waals surface area contributed by atoms with Crippen LogP contribution in [-0.4, -0.2) is 56.2 Å². The molecule has 5 aromatic rings. The summed E-state index contributed by atoms with van der Waals surface area (Å²) in [5.41, 5.74) is 12.5. The molecule has 0 radical (unpaired) electrons. The minimum atomic E-state index is -0.195. The van der Waals surface area contributed by atoms with E-state index in [9.17, 15) is 4.79 Å². The van der Waals surface area contributed by atoms with Crippen molar-refractivity contribution in [1.82, 2.24) is 29.9 Å². The fourth-order valence-electron chi connectivity index (χ4n) is 4.86. The highest BCUT2D eigenvalue weighted by Crippen LogP contribution is 2.23. The van der Waals surface area contributed by atoms with Crippen LogP contribution < -0.4 is 22.1 Å². The van der Waals surface area contributed by atoms with Gasteiger partial charge in [0.2, 0.25) is 0 Å². The second kappa shape index (κ2) is 11.7. The molecular weight excluding hydrogens is 518 g/mol. The zero-order chi connectivity index (χ0) is 28.2. The molecule has 1 saturated heterocycles. The maximum atomic E-state index is 12.6. The van der Waals surface area contributed by atoms with E-state index in [0.29, 0.717) is 17.1 Å². The van der Waals surface area contributed by atoms with Gasteiger partial charge in [-0.15, -0.1) is 0 Å². The van der Waals surface area contributed by atoms with Gasteiger partial charge in [0.05, 0.1) is 42.4 Å². The molecule has 0 amide bonds. The van der Waals surface area contributed by atoms with Gasteiger partial charge < -0.3 is 10.5 Å². The molecular formula is C30H31N9O2. The number of nitrogens with two attached hydrogens (primary N) is 2. The number of H-pyrrole nitrogens is 1. The average Bonchev–Trinajstić information content (AvgIpc) is 3.43. The van der Waals surface area contributed by atoms with Crippen molar-refractivity contribution in [2.45, 2.75) is 13.1 Å². The molecule has 0 spiro atoms. The fraction of sp³-hybridized carbons (Fsp3) is 0.200. The molecule has 0 atom stereocenters. The van der Waals surface area contributed by atoms with Gasteiger partial charge in [-0.05, 0) is 53.6 Å². The number of morpholine rings is 1. The summed E-state index contributed by atoms with van der Waals surface area (Å²) in [7, 11) is 0. The number of hydrazine groups is 1. The average molecular weight is 550 g/mol. The molecule has 5 N–H and O–H groups in total. The number of aromatic nitrogens is 5. The van der Waals surface area contributed by atoms with E-state index < -0.39 is 0 Å². The van der Waals surface area contributed by atoms with Gasteiger partial charge in [-0.25, -0.2) is 10.5 Å². The maximum absolute atomic E-state index is 12.6. The van der Waals surface area contributed by atoms with E-state index in [4.69, 9.17) is 16.3 Å². The minimum absolute atomic E-state index is 0.195. The van der Waals surface area contributed by atoms with Crippen molar-refractivity contribution >= 4 is 22.3 Å². The Kier molecular flexibility index (Phi) is 7.54. The molecule has 2 aromatic carbocycles. The summed E-state index contributed by atoms with van der Waals surface area (Å²) < 4.78 is 6.87. The second-order valence-corrected chi connectivity index (χ2v) is 9.95. The SMILES string of the molecule is N/C(=C\N(N)c1ccc(CN2CCOCC2)cc1)c1n[nH]c2ccc(Cn3nc(-c4cccnc4)ccc3=O)cc12. The Bertz CT molecular complexity index is 1720.